The molecule has 0 N–H and O–H groups in total. The van der Waals surface area contributed by atoms with Gasteiger partial charge in [0.05, 0.1) is 6.10 Å². The summed E-state index contributed by atoms with van der Waals surface area (Å²) in [6.07, 6.45) is 0.199. The minimum absolute atomic E-state index is 0.136. The van der Waals surface area contributed by atoms with Gasteiger partial charge in [0, 0.05) is 60.1 Å². The summed E-state index contributed by atoms with van der Waals surface area (Å²) in [6.45, 7) is 6.33. The number of halogens is 2. The third kappa shape index (κ3) is 4.16. The number of ketones is 2. The van der Waals surface area contributed by atoms with E-state index in [-0.39, 0.29) is 23.8 Å². The van der Waals surface area contributed by atoms with Crippen molar-refractivity contribution >= 4 is 34.8 Å². The first-order valence-corrected chi connectivity index (χ1v) is 12.6. The van der Waals surface area contributed by atoms with E-state index in [1.54, 1.807) is 24.3 Å². The molecule has 8 heteroatoms. The predicted octanol–water partition coefficient (Wildman–Crippen LogP) is 4.37. The van der Waals surface area contributed by atoms with E-state index in [0.29, 0.717) is 59.3 Å². The molecule has 0 radical (unpaired) electrons. The maximum Gasteiger partial charge on any atom is 0.194 e. The van der Waals surface area contributed by atoms with Crippen molar-refractivity contribution in [2.75, 3.05) is 38.0 Å². The number of nitrogens with zero attached hydrogens (tertiary/aromatic N) is 1. The van der Waals surface area contributed by atoms with E-state index in [4.69, 9.17) is 37.4 Å². The van der Waals surface area contributed by atoms with Crippen molar-refractivity contribution in [2.45, 2.75) is 38.3 Å². The predicted molar refractivity (Wildman–Crippen MR) is 130 cm³/mol. The molecule has 5 rings (SSSR count). The first kappa shape index (κ1) is 23.8. The Bertz CT molecular complexity index is 1140. The molecule has 6 nitrogen and oxygen atoms in total. The Morgan fingerprint density at radius 2 is 1.71 bits per heavy atom. The van der Waals surface area contributed by atoms with Crippen molar-refractivity contribution in [1.29, 1.82) is 0 Å². The summed E-state index contributed by atoms with van der Waals surface area (Å²) in [7, 11) is 0. The average Bonchev–Trinajstić information content (AvgIpc) is 3.28. The van der Waals surface area contributed by atoms with Crippen molar-refractivity contribution in [1.82, 2.24) is 4.90 Å². The minimum atomic E-state index is -0.656. The highest BCUT2D eigenvalue weighted by Gasteiger charge is 2.49. The molecule has 2 aliphatic carbocycles. The Hall–Kier alpha value is -1.96. The van der Waals surface area contributed by atoms with Crippen LogP contribution in [-0.2, 0) is 15.9 Å². The summed E-state index contributed by atoms with van der Waals surface area (Å²) >= 11 is 11.7. The first-order chi connectivity index (χ1) is 16.3. The highest BCUT2D eigenvalue weighted by molar-refractivity contribution is 6.29. The number of hydrogen-bond acceptors (Lipinski definition) is 6. The lowest BCUT2D eigenvalue weighted by Gasteiger charge is -2.23. The lowest BCUT2D eigenvalue weighted by molar-refractivity contribution is -0.148. The summed E-state index contributed by atoms with van der Waals surface area (Å²) in [4.78, 5) is 29.0. The lowest BCUT2D eigenvalue weighted by Crippen LogP contribution is -2.32. The molecule has 0 amide bonds. The molecule has 34 heavy (non-hydrogen) atoms. The maximum absolute atomic E-state index is 13.5. The van der Waals surface area contributed by atoms with Gasteiger partial charge in [0.25, 0.3) is 0 Å². The highest BCUT2D eigenvalue weighted by Crippen LogP contribution is 2.48. The van der Waals surface area contributed by atoms with Crippen molar-refractivity contribution in [3.63, 3.8) is 0 Å². The molecular formula is C26H27Cl2NO5. The Balaban J connectivity index is 1.37. The van der Waals surface area contributed by atoms with Gasteiger partial charge in [-0.3, -0.25) is 14.5 Å². The van der Waals surface area contributed by atoms with Crippen LogP contribution in [0.1, 0.15) is 62.9 Å². The molecule has 0 spiro atoms. The van der Waals surface area contributed by atoms with Crippen molar-refractivity contribution in [2.24, 2.45) is 0 Å². The quantitative estimate of drug-likeness (QED) is 0.425. The van der Waals surface area contributed by atoms with E-state index in [9.17, 15) is 9.59 Å². The molecule has 2 atom stereocenters. The number of hydrogen-bond donors (Lipinski definition) is 0. The van der Waals surface area contributed by atoms with Gasteiger partial charge in [-0.1, -0.05) is 6.07 Å². The summed E-state index contributed by atoms with van der Waals surface area (Å²) in [5.74, 6) is 0.641. The fraction of sp³-hybridized carbons (Fsp3) is 0.462. The second-order valence-corrected chi connectivity index (χ2v) is 10.0. The van der Waals surface area contributed by atoms with Gasteiger partial charge in [0.2, 0.25) is 0 Å². The zero-order valence-electron chi connectivity index (χ0n) is 19.2. The van der Waals surface area contributed by atoms with Crippen molar-refractivity contribution in [3.8, 4) is 5.75 Å². The largest absolute Gasteiger partial charge is 0.492 e. The van der Waals surface area contributed by atoms with Crippen molar-refractivity contribution < 1.29 is 23.8 Å². The van der Waals surface area contributed by atoms with Gasteiger partial charge in [-0.05, 0) is 49.2 Å². The van der Waals surface area contributed by atoms with Gasteiger partial charge in [-0.2, -0.15) is 0 Å². The van der Waals surface area contributed by atoms with E-state index in [0.717, 1.165) is 24.2 Å². The van der Waals surface area contributed by atoms with Crippen LogP contribution in [0, 0.1) is 0 Å². The molecule has 1 heterocycles. The second kappa shape index (κ2) is 9.25. The fourth-order valence-electron chi connectivity index (χ4n) is 5.19. The smallest absolute Gasteiger partial charge is 0.194 e. The molecule has 1 aliphatic heterocycles. The SMILES string of the molecule is CC1(C)OC2Cc3c(ccc4c3C(=O)c3ccc(OCCN(CCCl)CCCl)cc3C4=O)C2O1. The number of fused-ring (bicyclic) bond motifs is 6. The maximum atomic E-state index is 13.5. The normalized spacial score (nSPS) is 21.9. The van der Waals surface area contributed by atoms with Gasteiger partial charge in [-0.15, -0.1) is 23.2 Å². The molecule has 0 aromatic heterocycles. The van der Waals surface area contributed by atoms with Crippen LogP contribution in [0.2, 0.25) is 0 Å². The minimum Gasteiger partial charge on any atom is -0.492 e. The Kier molecular flexibility index (Phi) is 6.46. The Morgan fingerprint density at radius 1 is 0.971 bits per heavy atom. The molecule has 2 aromatic rings. The van der Waals surface area contributed by atoms with E-state index < -0.39 is 5.79 Å². The number of ether oxygens (including phenoxy) is 3. The van der Waals surface area contributed by atoms with Crippen LogP contribution < -0.4 is 4.74 Å². The molecule has 0 saturated carbocycles. The van der Waals surface area contributed by atoms with E-state index in [1.165, 1.54) is 0 Å². The van der Waals surface area contributed by atoms with Crippen LogP contribution in [0.5, 0.6) is 5.75 Å². The number of carbonyl (C=O) groups is 2. The van der Waals surface area contributed by atoms with Crippen LogP contribution in [0.4, 0.5) is 0 Å². The summed E-state index contributed by atoms with van der Waals surface area (Å²) < 4.78 is 18.0. The zero-order valence-corrected chi connectivity index (χ0v) is 20.7. The summed E-state index contributed by atoms with van der Waals surface area (Å²) in [5, 5.41) is 0. The van der Waals surface area contributed by atoms with E-state index in [1.807, 2.05) is 19.9 Å². The molecule has 180 valence electrons. The molecular weight excluding hydrogens is 477 g/mol. The van der Waals surface area contributed by atoms with Crippen LogP contribution in [0.15, 0.2) is 30.3 Å². The summed E-state index contributed by atoms with van der Waals surface area (Å²) in [5.41, 5.74) is 3.51. The molecule has 2 aromatic carbocycles. The average molecular weight is 504 g/mol. The molecule has 0 bridgehead atoms. The zero-order chi connectivity index (χ0) is 24.0. The van der Waals surface area contributed by atoms with Crippen LogP contribution in [0.25, 0.3) is 0 Å². The molecule has 2 unspecified atom stereocenters. The van der Waals surface area contributed by atoms with Crippen LogP contribution in [0.3, 0.4) is 0 Å². The van der Waals surface area contributed by atoms with E-state index in [2.05, 4.69) is 4.90 Å². The van der Waals surface area contributed by atoms with Gasteiger partial charge in [0.15, 0.2) is 17.4 Å². The van der Waals surface area contributed by atoms with Gasteiger partial charge >= 0.3 is 0 Å². The monoisotopic (exact) mass is 503 g/mol. The number of rotatable bonds is 8. The van der Waals surface area contributed by atoms with Gasteiger partial charge < -0.3 is 14.2 Å². The molecule has 3 aliphatic rings. The highest BCUT2D eigenvalue weighted by atomic mass is 35.5. The lowest BCUT2D eigenvalue weighted by atomic mass is 9.80. The van der Waals surface area contributed by atoms with Gasteiger partial charge in [-0.25, -0.2) is 0 Å². The third-order valence-electron chi connectivity index (χ3n) is 6.67. The Labute approximate surface area is 209 Å². The van der Waals surface area contributed by atoms with Crippen LogP contribution >= 0.6 is 23.2 Å². The third-order valence-corrected chi connectivity index (χ3v) is 7.01. The topological polar surface area (TPSA) is 65.1 Å². The number of alkyl halides is 2. The van der Waals surface area contributed by atoms with Gasteiger partial charge in [0.1, 0.15) is 18.5 Å². The molecule has 1 fully saturated rings. The van der Waals surface area contributed by atoms with Crippen LogP contribution in [-0.4, -0.2) is 66.4 Å². The molecule has 1 saturated heterocycles. The van der Waals surface area contributed by atoms with E-state index >= 15 is 0 Å². The second-order valence-electron chi connectivity index (χ2n) is 9.29. The fourth-order valence-corrected chi connectivity index (χ4v) is 5.67. The van der Waals surface area contributed by atoms with Crippen molar-refractivity contribution in [3.05, 3.63) is 63.7 Å². The standard InChI is InChI=1S/C26H27Cl2NO5/c1-26(2)33-21-14-19-17(25(21)34-26)5-6-18-22(19)24(31)16-4-3-15(13-20(16)23(18)30)32-12-11-29(9-7-27)10-8-28/h3-6,13,21,25H,7-12,14H2,1-2H3. The Morgan fingerprint density at radius 3 is 2.44 bits per heavy atom. The summed E-state index contributed by atoms with van der Waals surface area (Å²) in [6, 6.07) is 8.76. The first-order valence-electron chi connectivity index (χ1n) is 11.5. The number of benzene rings is 2. The number of carbonyl (C=O) groups excluding carboxylic acids is 2.